The second kappa shape index (κ2) is 4.60. The third-order valence-electron chi connectivity index (χ3n) is 4.32. The number of hydrogen-bond donors (Lipinski definition) is 1. The maximum absolute atomic E-state index is 6.68. The van der Waals surface area contributed by atoms with E-state index in [4.69, 9.17) is 10.7 Å². The van der Waals surface area contributed by atoms with Crippen LogP contribution in [-0.2, 0) is 12.6 Å². The van der Waals surface area contributed by atoms with Gasteiger partial charge in [0.05, 0.1) is 16.6 Å². The number of benzene rings is 1. The van der Waals surface area contributed by atoms with E-state index in [1.165, 1.54) is 12.8 Å². The summed E-state index contributed by atoms with van der Waals surface area (Å²) in [4.78, 5) is 4.81. The third-order valence-corrected chi connectivity index (χ3v) is 4.81. The summed E-state index contributed by atoms with van der Waals surface area (Å²) in [7, 11) is 2.08. The maximum atomic E-state index is 6.68. The van der Waals surface area contributed by atoms with Crippen molar-refractivity contribution in [3.63, 3.8) is 0 Å². The van der Waals surface area contributed by atoms with Crippen molar-refractivity contribution in [2.24, 2.45) is 18.7 Å². The lowest BCUT2D eigenvalue weighted by atomic mass is 9.76. The van der Waals surface area contributed by atoms with E-state index in [0.29, 0.717) is 5.92 Å². The molecule has 2 N–H and O–H groups in total. The Morgan fingerprint density at radius 2 is 2.26 bits per heavy atom. The Morgan fingerprint density at radius 3 is 3.00 bits per heavy atom. The van der Waals surface area contributed by atoms with Crippen LogP contribution in [0.4, 0.5) is 0 Å². The number of nitrogens with zero attached hydrogens (tertiary/aromatic N) is 2. The van der Waals surface area contributed by atoms with E-state index in [1.807, 2.05) is 0 Å². The maximum Gasteiger partial charge on any atom is 0.129 e. The number of aromatic nitrogens is 2. The molecule has 3 nitrogen and oxygen atoms in total. The molecule has 0 spiro atoms. The average molecular weight is 322 g/mol. The Hall–Kier alpha value is -0.870. The molecule has 1 aromatic heterocycles. The van der Waals surface area contributed by atoms with Crippen molar-refractivity contribution in [3.8, 4) is 0 Å². The fourth-order valence-electron chi connectivity index (χ4n) is 3.41. The van der Waals surface area contributed by atoms with E-state index in [1.54, 1.807) is 0 Å². The van der Waals surface area contributed by atoms with Crippen LogP contribution in [-0.4, -0.2) is 9.55 Å². The molecule has 0 aliphatic heterocycles. The van der Waals surface area contributed by atoms with Crippen LogP contribution in [0.15, 0.2) is 22.7 Å². The molecule has 2 unspecified atom stereocenters. The first-order chi connectivity index (χ1) is 8.99. The normalized spacial score (nSPS) is 27.9. The first-order valence-electron chi connectivity index (χ1n) is 6.91. The number of rotatable bonds is 1. The fourth-order valence-corrected chi connectivity index (χ4v) is 3.76. The summed E-state index contributed by atoms with van der Waals surface area (Å²) >= 11 is 3.50. The Kier molecular flexibility index (Phi) is 3.18. The quantitative estimate of drug-likeness (QED) is 0.870. The smallest absolute Gasteiger partial charge is 0.129 e. The van der Waals surface area contributed by atoms with Gasteiger partial charge in [-0.05, 0) is 37.0 Å². The van der Waals surface area contributed by atoms with Crippen LogP contribution >= 0.6 is 15.9 Å². The van der Waals surface area contributed by atoms with Gasteiger partial charge in [0.1, 0.15) is 5.82 Å². The molecule has 1 aromatic carbocycles. The minimum atomic E-state index is -0.266. The van der Waals surface area contributed by atoms with Gasteiger partial charge in [0.25, 0.3) is 0 Å². The highest BCUT2D eigenvalue weighted by Crippen LogP contribution is 2.38. The van der Waals surface area contributed by atoms with E-state index in [0.717, 1.165) is 34.2 Å². The van der Waals surface area contributed by atoms with Gasteiger partial charge < -0.3 is 10.3 Å². The Labute approximate surface area is 122 Å². The second-order valence-electron chi connectivity index (χ2n) is 5.99. The summed E-state index contributed by atoms with van der Waals surface area (Å²) in [5.74, 6) is 1.72. The summed E-state index contributed by atoms with van der Waals surface area (Å²) < 4.78 is 3.23. The van der Waals surface area contributed by atoms with E-state index >= 15 is 0 Å². The molecule has 0 amide bonds. The highest BCUT2D eigenvalue weighted by Gasteiger charge is 2.36. The molecule has 19 heavy (non-hydrogen) atoms. The summed E-state index contributed by atoms with van der Waals surface area (Å²) in [5, 5.41) is 0. The molecule has 1 fully saturated rings. The van der Waals surface area contributed by atoms with Gasteiger partial charge in [-0.3, -0.25) is 0 Å². The van der Waals surface area contributed by atoms with Crippen molar-refractivity contribution in [2.45, 2.75) is 38.1 Å². The van der Waals surface area contributed by atoms with Gasteiger partial charge in [0.2, 0.25) is 0 Å². The van der Waals surface area contributed by atoms with Crippen LogP contribution in [0.1, 0.15) is 38.4 Å². The van der Waals surface area contributed by atoms with Crippen LogP contribution in [0, 0.1) is 5.92 Å². The molecule has 0 bridgehead atoms. The van der Waals surface area contributed by atoms with Gasteiger partial charge in [0.15, 0.2) is 0 Å². The standard InChI is InChI=1S/C15H20BrN3/c1-10-4-3-7-15(17,9-10)14-18-12-8-11(16)5-6-13(12)19(14)2/h5-6,8,10H,3-4,7,9,17H2,1-2H3. The van der Waals surface area contributed by atoms with Gasteiger partial charge >= 0.3 is 0 Å². The first kappa shape index (κ1) is 13.1. The van der Waals surface area contributed by atoms with Crippen molar-refractivity contribution in [3.05, 3.63) is 28.5 Å². The minimum absolute atomic E-state index is 0.266. The molecular formula is C15H20BrN3. The minimum Gasteiger partial charge on any atom is -0.330 e. The number of nitrogens with two attached hydrogens (primary N) is 1. The van der Waals surface area contributed by atoms with Gasteiger partial charge in [0, 0.05) is 11.5 Å². The zero-order valence-electron chi connectivity index (χ0n) is 11.5. The predicted octanol–water partition coefficient (Wildman–Crippen LogP) is 3.70. The molecule has 1 saturated carbocycles. The lowest BCUT2D eigenvalue weighted by Gasteiger charge is -2.36. The van der Waals surface area contributed by atoms with Gasteiger partial charge in [-0.15, -0.1) is 0 Å². The topological polar surface area (TPSA) is 43.8 Å². The highest BCUT2D eigenvalue weighted by molar-refractivity contribution is 9.10. The summed E-state index contributed by atoms with van der Waals surface area (Å²) in [6, 6.07) is 6.22. The van der Waals surface area contributed by atoms with Gasteiger partial charge in [-0.1, -0.05) is 35.7 Å². The molecule has 4 heteroatoms. The van der Waals surface area contributed by atoms with Crippen LogP contribution in [0.25, 0.3) is 11.0 Å². The summed E-state index contributed by atoms with van der Waals surface area (Å²) in [6.45, 7) is 2.29. The molecule has 0 saturated heterocycles. The van der Waals surface area contributed by atoms with E-state index in [9.17, 15) is 0 Å². The van der Waals surface area contributed by atoms with E-state index in [2.05, 4.69) is 52.7 Å². The monoisotopic (exact) mass is 321 g/mol. The lowest BCUT2D eigenvalue weighted by molar-refractivity contribution is 0.225. The number of imidazole rings is 1. The Bertz CT molecular complexity index is 619. The SMILES string of the molecule is CC1CCCC(N)(c2nc3cc(Br)ccc3n2C)C1. The van der Waals surface area contributed by atoms with Crippen molar-refractivity contribution < 1.29 is 0 Å². The molecule has 2 aromatic rings. The van der Waals surface area contributed by atoms with Crippen molar-refractivity contribution >= 4 is 27.0 Å². The highest BCUT2D eigenvalue weighted by atomic mass is 79.9. The molecule has 1 heterocycles. The fraction of sp³-hybridized carbons (Fsp3) is 0.533. The van der Waals surface area contributed by atoms with Crippen molar-refractivity contribution in [2.75, 3.05) is 0 Å². The predicted molar refractivity (Wildman–Crippen MR) is 81.9 cm³/mol. The molecule has 1 aliphatic carbocycles. The number of halogens is 1. The van der Waals surface area contributed by atoms with E-state index in [-0.39, 0.29) is 5.54 Å². The largest absolute Gasteiger partial charge is 0.330 e. The molecule has 0 radical (unpaired) electrons. The zero-order chi connectivity index (χ0) is 13.6. The molecular weight excluding hydrogens is 302 g/mol. The van der Waals surface area contributed by atoms with Crippen molar-refractivity contribution in [1.29, 1.82) is 0 Å². The second-order valence-corrected chi connectivity index (χ2v) is 6.90. The summed E-state index contributed by atoms with van der Waals surface area (Å²) in [5.41, 5.74) is 8.59. The Morgan fingerprint density at radius 1 is 1.47 bits per heavy atom. The average Bonchev–Trinajstić information content (AvgIpc) is 2.66. The lowest BCUT2D eigenvalue weighted by Crippen LogP contribution is -2.43. The van der Waals surface area contributed by atoms with Crippen LogP contribution in [0.3, 0.4) is 0 Å². The van der Waals surface area contributed by atoms with Crippen LogP contribution in [0.5, 0.6) is 0 Å². The Balaban J connectivity index is 2.11. The summed E-state index contributed by atoms with van der Waals surface area (Å²) in [6.07, 6.45) is 4.56. The van der Waals surface area contributed by atoms with Crippen LogP contribution in [0.2, 0.25) is 0 Å². The molecule has 3 rings (SSSR count). The number of aryl methyl sites for hydroxylation is 1. The van der Waals surface area contributed by atoms with E-state index < -0.39 is 0 Å². The van der Waals surface area contributed by atoms with Gasteiger partial charge in [-0.25, -0.2) is 4.98 Å². The third kappa shape index (κ3) is 2.21. The van der Waals surface area contributed by atoms with Crippen LogP contribution < -0.4 is 5.73 Å². The zero-order valence-corrected chi connectivity index (χ0v) is 13.1. The number of hydrogen-bond acceptors (Lipinski definition) is 2. The number of fused-ring (bicyclic) bond motifs is 1. The van der Waals surface area contributed by atoms with Crippen molar-refractivity contribution in [1.82, 2.24) is 9.55 Å². The first-order valence-corrected chi connectivity index (χ1v) is 7.70. The molecule has 2 atom stereocenters. The van der Waals surface area contributed by atoms with Gasteiger partial charge in [-0.2, -0.15) is 0 Å². The molecule has 1 aliphatic rings. The molecule has 102 valence electrons.